The Morgan fingerprint density at radius 2 is 1.75 bits per heavy atom. The minimum absolute atomic E-state index is 0.0128. The molecule has 1 saturated carbocycles. The monoisotopic (exact) mass is 408 g/mol. The van der Waals surface area contributed by atoms with Crippen molar-refractivity contribution in [3.8, 4) is 0 Å². The van der Waals surface area contributed by atoms with E-state index in [1.54, 1.807) is 6.07 Å². The van der Waals surface area contributed by atoms with Crippen LogP contribution in [0.1, 0.15) is 26.2 Å². The van der Waals surface area contributed by atoms with Gasteiger partial charge in [-0.2, -0.15) is 0 Å². The summed E-state index contributed by atoms with van der Waals surface area (Å²) in [5.41, 5.74) is 0.662. The van der Waals surface area contributed by atoms with Gasteiger partial charge in [-0.3, -0.25) is 9.59 Å². The predicted molar refractivity (Wildman–Crippen MR) is 111 cm³/mol. The van der Waals surface area contributed by atoms with Crippen molar-refractivity contribution in [1.82, 2.24) is 4.90 Å². The summed E-state index contributed by atoms with van der Waals surface area (Å²) in [6, 6.07) is 7.29. The number of carbonyl (C=O) groups is 2. The van der Waals surface area contributed by atoms with Crippen LogP contribution in [0.5, 0.6) is 0 Å². The van der Waals surface area contributed by atoms with E-state index >= 15 is 0 Å². The van der Waals surface area contributed by atoms with Crippen LogP contribution in [0.15, 0.2) is 24.3 Å². The van der Waals surface area contributed by atoms with Gasteiger partial charge in [0, 0.05) is 13.1 Å². The maximum atomic E-state index is 12.7. The molecule has 1 heterocycles. The number of nitrogens with one attached hydrogen (secondary N) is 3. The van der Waals surface area contributed by atoms with E-state index in [0.29, 0.717) is 29.7 Å². The molecule has 3 rings (SSSR count). The fourth-order valence-electron chi connectivity index (χ4n) is 3.82. The van der Waals surface area contributed by atoms with E-state index in [9.17, 15) is 9.59 Å². The predicted octanol–water partition coefficient (Wildman–Crippen LogP) is -0.289. The first-order chi connectivity index (χ1) is 13.5. The van der Waals surface area contributed by atoms with E-state index in [4.69, 9.17) is 11.6 Å². The van der Waals surface area contributed by atoms with Gasteiger partial charge >= 0.3 is 0 Å². The first kappa shape index (κ1) is 21.1. The summed E-state index contributed by atoms with van der Waals surface area (Å²) >= 11 is 6.10. The molecule has 2 aliphatic rings. The highest BCUT2D eigenvalue weighted by Crippen LogP contribution is 2.29. The molecule has 1 aliphatic heterocycles. The van der Waals surface area contributed by atoms with Crippen LogP contribution in [0.2, 0.25) is 5.02 Å². The number of rotatable bonds is 9. The third-order valence-electron chi connectivity index (χ3n) is 5.65. The Hall–Kier alpha value is -1.63. The van der Waals surface area contributed by atoms with Gasteiger partial charge in [-0.05, 0) is 37.3 Å². The molecule has 0 bridgehead atoms. The normalized spacial score (nSPS) is 21.9. The molecule has 28 heavy (non-hydrogen) atoms. The average Bonchev–Trinajstić information content (AvgIpc) is 3.49. The Labute approximate surface area is 172 Å². The molecule has 0 atom stereocenters. The molecule has 3 N–H and O–H groups in total. The number of halogens is 1. The smallest absolute Gasteiger partial charge is 0.279 e. The molecular weight excluding hydrogens is 376 g/mol. The lowest BCUT2D eigenvalue weighted by Gasteiger charge is -2.30. The van der Waals surface area contributed by atoms with Crippen LogP contribution in [0.25, 0.3) is 0 Å². The van der Waals surface area contributed by atoms with Crippen LogP contribution in [-0.4, -0.2) is 69.1 Å². The van der Waals surface area contributed by atoms with E-state index in [1.807, 2.05) is 18.2 Å². The zero-order valence-corrected chi connectivity index (χ0v) is 17.6. The van der Waals surface area contributed by atoms with E-state index in [-0.39, 0.29) is 5.91 Å². The number of hydrogen-bond donors (Lipinski definition) is 3. The summed E-state index contributed by atoms with van der Waals surface area (Å²) in [6.45, 7) is 8.68. The number of quaternary nitrogens is 2. The maximum absolute atomic E-state index is 12.7. The summed E-state index contributed by atoms with van der Waals surface area (Å²) in [4.78, 5) is 29.7. The van der Waals surface area contributed by atoms with Crippen LogP contribution in [0.4, 0.5) is 5.69 Å². The highest BCUT2D eigenvalue weighted by atomic mass is 35.5. The maximum Gasteiger partial charge on any atom is 0.279 e. The summed E-state index contributed by atoms with van der Waals surface area (Å²) in [5.74, 6) is 1.02. The van der Waals surface area contributed by atoms with E-state index in [0.717, 1.165) is 51.6 Å². The molecule has 1 aromatic carbocycles. The zero-order valence-electron chi connectivity index (χ0n) is 16.8. The number of piperazine rings is 1. The van der Waals surface area contributed by atoms with Gasteiger partial charge in [-0.15, -0.1) is 0 Å². The van der Waals surface area contributed by atoms with Crippen molar-refractivity contribution in [2.45, 2.75) is 26.2 Å². The third-order valence-corrected chi connectivity index (χ3v) is 5.98. The molecule has 0 radical (unpaired) electrons. The van der Waals surface area contributed by atoms with Crippen LogP contribution < -0.4 is 15.1 Å². The van der Waals surface area contributed by atoms with E-state index in [1.165, 1.54) is 22.6 Å². The molecule has 0 unspecified atom stereocenters. The first-order valence-corrected chi connectivity index (χ1v) is 10.9. The molecule has 154 valence electrons. The lowest BCUT2D eigenvalue weighted by Crippen LogP contribution is -3.28. The Balaban J connectivity index is 1.39. The van der Waals surface area contributed by atoms with Gasteiger partial charge < -0.3 is 20.0 Å². The highest BCUT2D eigenvalue weighted by molar-refractivity contribution is 6.33. The number of anilines is 1. The molecule has 2 fully saturated rings. The number of carbonyl (C=O) groups excluding carboxylic acids is 2. The van der Waals surface area contributed by atoms with Gasteiger partial charge in [0.1, 0.15) is 26.2 Å². The topological polar surface area (TPSA) is 58.3 Å². The largest absolute Gasteiger partial charge is 0.338 e. The average molecular weight is 409 g/mol. The minimum atomic E-state index is -0.0128. The van der Waals surface area contributed by atoms with Gasteiger partial charge in [-0.25, -0.2) is 0 Å². The lowest BCUT2D eigenvalue weighted by molar-refractivity contribution is -1.00. The highest BCUT2D eigenvalue weighted by Gasteiger charge is 2.30. The molecule has 0 spiro atoms. The van der Waals surface area contributed by atoms with Crippen molar-refractivity contribution in [2.24, 2.45) is 5.92 Å². The number of para-hydroxylation sites is 1. The number of benzene rings is 1. The van der Waals surface area contributed by atoms with Crippen molar-refractivity contribution in [3.05, 3.63) is 29.3 Å². The van der Waals surface area contributed by atoms with Crippen LogP contribution in [-0.2, 0) is 9.59 Å². The summed E-state index contributed by atoms with van der Waals surface area (Å²) < 4.78 is 0. The van der Waals surface area contributed by atoms with E-state index in [2.05, 4.69) is 17.1 Å². The molecular formula is C21H33ClN4O2+2. The molecule has 0 aromatic heterocycles. The zero-order chi connectivity index (χ0) is 19.9. The van der Waals surface area contributed by atoms with Crippen molar-refractivity contribution in [3.63, 3.8) is 0 Å². The quantitative estimate of drug-likeness (QED) is 0.526. The summed E-state index contributed by atoms with van der Waals surface area (Å²) in [5, 5.41) is 3.45. The van der Waals surface area contributed by atoms with Crippen molar-refractivity contribution < 1.29 is 19.4 Å². The Morgan fingerprint density at radius 3 is 2.36 bits per heavy atom. The molecule has 1 saturated heterocycles. The fourth-order valence-corrected chi connectivity index (χ4v) is 4.00. The lowest BCUT2D eigenvalue weighted by atomic mass is 10.2. The van der Waals surface area contributed by atoms with Crippen LogP contribution in [0.3, 0.4) is 0 Å². The van der Waals surface area contributed by atoms with Gasteiger partial charge in [0.2, 0.25) is 0 Å². The van der Waals surface area contributed by atoms with Gasteiger partial charge in [-0.1, -0.05) is 30.7 Å². The molecule has 2 amide bonds. The second kappa shape index (κ2) is 10.2. The number of amides is 2. The number of hydrogen-bond acceptors (Lipinski definition) is 2. The molecule has 1 aromatic rings. The fraction of sp³-hybridized carbons (Fsp3) is 0.619. The molecule has 6 nitrogen and oxygen atoms in total. The van der Waals surface area contributed by atoms with E-state index < -0.39 is 0 Å². The second-order valence-corrected chi connectivity index (χ2v) is 8.57. The molecule has 7 heteroatoms. The van der Waals surface area contributed by atoms with Crippen molar-refractivity contribution in [2.75, 3.05) is 57.7 Å². The Kier molecular flexibility index (Phi) is 7.71. The van der Waals surface area contributed by atoms with Gasteiger partial charge in [0.05, 0.1) is 10.7 Å². The van der Waals surface area contributed by atoms with Gasteiger partial charge in [0.15, 0.2) is 13.1 Å². The van der Waals surface area contributed by atoms with Crippen molar-refractivity contribution in [1.29, 1.82) is 0 Å². The summed E-state index contributed by atoms with van der Waals surface area (Å²) in [7, 11) is 0. The van der Waals surface area contributed by atoms with Crippen LogP contribution in [0, 0.1) is 5.92 Å². The van der Waals surface area contributed by atoms with Gasteiger partial charge in [0.25, 0.3) is 11.8 Å². The minimum Gasteiger partial charge on any atom is -0.338 e. The third kappa shape index (κ3) is 6.47. The van der Waals surface area contributed by atoms with Crippen molar-refractivity contribution >= 4 is 29.1 Å². The second-order valence-electron chi connectivity index (χ2n) is 8.16. The Morgan fingerprint density at radius 1 is 1.11 bits per heavy atom. The Bertz CT molecular complexity index is 672. The number of nitrogens with zero attached hydrogens (tertiary/aromatic N) is 1. The SMILES string of the molecule is CCCN(CC1CC1)C(=O)C[NH+]1CC[NH+](CC(=O)Nc2ccccc2Cl)CC1. The first-order valence-electron chi connectivity index (χ1n) is 10.5. The standard InChI is InChI=1S/C21H31ClN4O2/c1-2-9-26(14-17-7-8-17)21(28)16-25-12-10-24(11-13-25)15-20(27)23-19-6-4-3-5-18(19)22/h3-6,17H,2,7-16H2,1H3,(H,23,27)/p+2. The summed E-state index contributed by atoms with van der Waals surface area (Å²) in [6.07, 6.45) is 3.57. The van der Waals surface area contributed by atoms with Crippen LogP contribution >= 0.6 is 11.6 Å². The molecule has 1 aliphatic carbocycles.